The van der Waals surface area contributed by atoms with Crippen LogP contribution < -0.4 is 5.32 Å². The second-order valence-corrected chi connectivity index (χ2v) is 5.69. The van der Waals surface area contributed by atoms with Crippen molar-refractivity contribution in [3.8, 4) is 6.07 Å². The second kappa shape index (κ2) is 6.90. The first-order chi connectivity index (χ1) is 9.37. The molecule has 1 rings (SSSR count). The van der Waals surface area contributed by atoms with Gasteiger partial charge in [0, 0.05) is 18.3 Å². The molecule has 108 valence electrons. The van der Waals surface area contributed by atoms with Crippen LogP contribution in [0.2, 0.25) is 0 Å². The highest BCUT2D eigenvalue weighted by Crippen LogP contribution is 2.13. The Hall–Kier alpha value is -2.09. The fourth-order valence-corrected chi connectivity index (χ4v) is 1.77. The summed E-state index contributed by atoms with van der Waals surface area (Å²) >= 11 is 0. The van der Waals surface area contributed by atoms with Gasteiger partial charge in [0.05, 0.1) is 11.6 Å². The molecule has 1 aromatic heterocycles. The smallest absolute Gasteiger partial charge is 0.256 e. The van der Waals surface area contributed by atoms with E-state index in [0.717, 1.165) is 12.2 Å². The van der Waals surface area contributed by atoms with Gasteiger partial charge in [0.15, 0.2) is 0 Å². The van der Waals surface area contributed by atoms with Crippen LogP contribution in [0, 0.1) is 11.3 Å². The molecule has 0 spiro atoms. The van der Waals surface area contributed by atoms with Crippen molar-refractivity contribution in [1.82, 2.24) is 9.88 Å². The van der Waals surface area contributed by atoms with Crippen LogP contribution in [0.3, 0.4) is 0 Å². The van der Waals surface area contributed by atoms with Crippen molar-refractivity contribution in [3.05, 3.63) is 23.9 Å². The highest BCUT2D eigenvalue weighted by Gasteiger charge is 2.16. The van der Waals surface area contributed by atoms with Crippen LogP contribution in [0.15, 0.2) is 18.3 Å². The lowest BCUT2D eigenvalue weighted by Crippen LogP contribution is -2.32. The van der Waals surface area contributed by atoms with Gasteiger partial charge in [-0.3, -0.25) is 4.79 Å². The summed E-state index contributed by atoms with van der Waals surface area (Å²) < 4.78 is 0. The molecule has 0 saturated heterocycles. The van der Waals surface area contributed by atoms with Crippen molar-refractivity contribution in [2.45, 2.75) is 39.7 Å². The first-order valence-corrected chi connectivity index (χ1v) is 6.78. The molecule has 0 aliphatic heterocycles. The van der Waals surface area contributed by atoms with Crippen molar-refractivity contribution >= 4 is 11.7 Å². The van der Waals surface area contributed by atoms with E-state index in [4.69, 9.17) is 5.26 Å². The Balaban J connectivity index is 2.81. The molecule has 0 atom stereocenters. The number of nitriles is 1. The van der Waals surface area contributed by atoms with Crippen molar-refractivity contribution in [1.29, 1.82) is 5.26 Å². The Bertz CT molecular complexity index is 482. The number of carbonyl (C=O) groups excluding carboxylic acids is 1. The Morgan fingerprint density at radius 1 is 1.45 bits per heavy atom. The van der Waals surface area contributed by atoms with Gasteiger partial charge in [-0.1, -0.05) is 6.92 Å². The molecule has 5 heteroatoms. The molecule has 0 unspecified atom stereocenters. The molecule has 0 aliphatic carbocycles. The van der Waals surface area contributed by atoms with E-state index in [1.807, 2.05) is 33.8 Å². The molecule has 0 fully saturated rings. The molecule has 1 N–H and O–H groups in total. The number of rotatable bonds is 5. The van der Waals surface area contributed by atoms with Gasteiger partial charge in [0.2, 0.25) is 0 Å². The summed E-state index contributed by atoms with van der Waals surface area (Å²) in [4.78, 5) is 18.0. The molecule has 20 heavy (non-hydrogen) atoms. The largest absolute Gasteiger partial charge is 0.365 e. The van der Waals surface area contributed by atoms with Crippen molar-refractivity contribution in [2.24, 2.45) is 0 Å². The van der Waals surface area contributed by atoms with E-state index in [-0.39, 0.29) is 18.0 Å². The number of hydrogen-bond acceptors (Lipinski definition) is 4. The van der Waals surface area contributed by atoms with Gasteiger partial charge in [0.1, 0.15) is 12.4 Å². The number of nitrogens with one attached hydrogen (secondary N) is 1. The van der Waals surface area contributed by atoms with Gasteiger partial charge in [-0.15, -0.1) is 0 Å². The molecule has 0 radical (unpaired) electrons. The summed E-state index contributed by atoms with van der Waals surface area (Å²) in [6.07, 6.45) is 2.38. The number of pyridine rings is 1. The third-order valence-electron chi connectivity index (χ3n) is 2.56. The van der Waals surface area contributed by atoms with Gasteiger partial charge < -0.3 is 10.2 Å². The average molecular weight is 274 g/mol. The monoisotopic (exact) mass is 274 g/mol. The Morgan fingerprint density at radius 2 is 2.15 bits per heavy atom. The van der Waals surface area contributed by atoms with Crippen LogP contribution in [0.25, 0.3) is 0 Å². The van der Waals surface area contributed by atoms with Gasteiger partial charge in [0.25, 0.3) is 5.91 Å². The third-order valence-corrected chi connectivity index (χ3v) is 2.56. The lowest BCUT2D eigenvalue weighted by atomic mass is 10.1. The first kappa shape index (κ1) is 16.0. The number of aromatic nitrogens is 1. The van der Waals surface area contributed by atoms with E-state index in [0.29, 0.717) is 12.1 Å². The maximum absolute atomic E-state index is 12.2. The molecular formula is C15H22N4O. The maximum atomic E-state index is 12.2. The van der Waals surface area contributed by atoms with Crippen LogP contribution in [0.1, 0.15) is 44.5 Å². The highest BCUT2D eigenvalue weighted by atomic mass is 16.2. The second-order valence-electron chi connectivity index (χ2n) is 5.69. The van der Waals surface area contributed by atoms with Crippen molar-refractivity contribution < 1.29 is 4.79 Å². The summed E-state index contributed by atoms with van der Waals surface area (Å²) in [5.41, 5.74) is 0.432. The minimum absolute atomic E-state index is 0.0758. The minimum atomic E-state index is -0.150. The summed E-state index contributed by atoms with van der Waals surface area (Å²) in [5.74, 6) is 0.583. The average Bonchev–Trinajstić information content (AvgIpc) is 2.37. The molecule has 5 nitrogen and oxygen atoms in total. The van der Waals surface area contributed by atoms with Crippen LogP contribution in [0.4, 0.5) is 5.82 Å². The van der Waals surface area contributed by atoms with E-state index in [9.17, 15) is 4.79 Å². The molecule has 0 aliphatic rings. The SMILES string of the molecule is CCCN(CC#N)C(=O)c1ccc(NC(C)(C)C)nc1. The molecule has 1 amide bonds. The fraction of sp³-hybridized carbons (Fsp3) is 0.533. The van der Waals surface area contributed by atoms with Crippen molar-refractivity contribution in [2.75, 3.05) is 18.4 Å². The summed E-state index contributed by atoms with van der Waals surface area (Å²) in [6.45, 7) is 8.80. The minimum Gasteiger partial charge on any atom is -0.365 e. The molecule has 1 aromatic rings. The Kier molecular flexibility index (Phi) is 5.51. The summed E-state index contributed by atoms with van der Waals surface area (Å²) in [6, 6.07) is 5.54. The van der Waals surface area contributed by atoms with E-state index in [1.54, 1.807) is 18.3 Å². The van der Waals surface area contributed by atoms with Gasteiger partial charge >= 0.3 is 0 Å². The summed E-state index contributed by atoms with van der Waals surface area (Å²) in [7, 11) is 0. The topological polar surface area (TPSA) is 69.0 Å². The van der Waals surface area contributed by atoms with Gasteiger partial charge in [-0.05, 0) is 39.3 Å². The molecule has 0 saturated carbocycles. The van der Waals surface area contributed by atoms with E-state index in [2.05, 4.69) is 10.3 Å². The lowest BCUT2D eigenvalue weighted by Gasteiger charge is -2.22. The van der Waals surface area contributed by atoms with Gasteiger partial charge in [-0.2, -0.15) is 5.26 Å². The maximum Gasteiger partial charge on any atom is 0.256 e. The number of anilines is 1. The van der Waals surface area contributed by atoms with Crippen LogP contribution in [-0.4, -0.2) is 34.4 Å². The predicted molar refractivity (Wildman–Crippen MR) is 79.4 cm³/mol. The number of hydrogen-bond donors (Lipinski definition) is 1. The summed E-state index contributed by atoms with van der Waals surface area (Å²) in [5, 5.41) is 12.0. The van der Waals surface area contributed by atoms with Crippen LogP contribution in [0.5, 0.6) is 0 Å². The lowest BCUT2D eigenvalue weighted by molar-refractivity contribution is 0.0775. The normalized spacial score (nSPS) is 10.8. The Morgan fingerprint density at radius 3 is 2.60 bits per heavy atom. The van der Waals surface area contributed by atoms with Gasteiger partial charge in [-0.25, -0.2) is 4.98 Å². The van der Waals surface area contributed by atoms with E-state index < -0.39 is 0 Å². The zero-order chi connectivity index (χ0) is 15.2. The van der Waals surface area contributed by atoms with E-state index in [1.165, 1.54) is 4.90 Å². The van der Waals surface area contributed by atoms with Crippen LogP contribution >= 0.6 is 0 Å². The first-order valence-electron chi connectivity index (χ1n) is 6.78. The zero-order valence-corrected chi connectivity index (χ0v) is 12.6. The number of carbonyl (C=O) groups is 1. The molecule has 1 heterocycles. The fourth-order valence-electron chi connectivity index (χ4n) is 1.77. The predicted octanol–water partition coefficient (Wildman–Crippen LogP) is 2.67. The molecule has 0 bridgehead atoms. The highest BCUT2D eigenvalue weighted by molar-refractivity contribution is 5.94. The molecular weight excluding hydrogens is 252 g/mol. The quantitative estimate of drug-likeness (QED) is 0.838. The number of amides is 1. The number of nitrogens with zero attached hydrogens (tertiary/aromatic N) is 3. The standard InChI is InChI=1S/C15H22N4O/c1-5-9-19(10-8-16)14(20)12-6-7-13(17-11-12)18-15(2,3)4/h6-7,11H,5,9-10H2,1-4H3,(H,17,18). The van der Waals surface area contributed by atoms with E-state index >= 15 is 0 Å². The Labute approximate surface area is 120 Å². The third kappa shape index (κ3) is 4.88. The van der Waals surface area contributed by atoms with Crippen LogP contribution in [-0.2, 0) is 0 Å². The molecule has 0 aromatic carbocycles. The zero-order valence-electron chi connectivity index (χ0n) is 12.6. The van der Waals surface area contributed by atoms with Crippen molar-refractivity contribution in [3.63, 3.8) is 0 Å².